The van der Waals surface area contributed by atoms with Crippen molar-refractivity contribution in [2.45, 2.75) is 0 Å². The van der Waals surface area contributed by atoms with Gasteiger partial charge >= 0.3 is 127 Å². The van der Waals surface area contributed by atoms with Gasteiger partial charge in [-0.05, 0) is 0 Å². The number of rotatable bonds is 1. The van der Waals surface area contributed by atoms with Crippen LogP contribution in [-0.4, -0.2) is 36.4 Å². The maximum absolute atomic E-state index is 9.82. The van der Waals surface area contributed by atoms with Crippen LogP contribution in [0.1, 0.15) is 0 Å². The first-order valence-electron chi connectivity index (χ1n) is 6.00. The third-order valence-electron chi connectivity index (χ3n) is 3.07. The molecule has 1 aromatic heterocycles. The normalized spacial score (nSPS) is 10.9. The molecule has 21 heavy (non-hydrogen) atoms. The number of phenolic OH excluding ortho intramolecular Hbond substituents is 4. The molecule has 0 fully saturated rings. The van der Waals surface area contributed by atoms with E-state index in [0.29, 0.717) is 26.8 Å². The van der Waals surface area contributed by atoms with E-state index < -0.39 is 0 Å². The molecule has 0 bridgehead atoms. The summed E-state index contributed by atoms with van der Waals surface area (Å²) in [5, 5.41) is 38.7. The van der Waals surface area contributed by atoms with E-state index in [1.54, 1.807) is 12.1 Å². The van der Waals surface area contributed by atoms with Gasteiger partial charge in [-0.3, -0.25) is 0 Å². The van der Waals surface area contributed by atoms with Gasteiger partial charge in [0, 0.05) is 0 Å². The second-order valence-corrected chi connectivity index (χ2v) is 5.55. The fourth-order valence-corrected chi connectivity index (χ4v) is 2.70. The Balaban J connectivity index is 2.27. The zero-order valence-corrected chi connectivity index (χ0v) is 12.5. The Bertz CT molecular complexity index is 860. The van der Waals surface area contributed by atoms with Crippen molar-refractivity contribution in [3.8, 4) is 34.3 Å². The molecule has 0 amide bonds. The maximum atomic E-state index is 9.82. The van der Waals surface area contributed by atoms with E-state index in [1.165, 1.54) is 24.3 Å². The number of hydrogen-bond donors (Lipinski definition) is 4. The van der Waals surface area contributed by atoms with Gasteiger partial charge in [0.2, 0.25) is 0 Å². The molecule has 0 aliphatic heterocycles. The van der Waals surface area contributed by atoms with Crippen LogP contribution in [0.4, 0.5) is 0 Å². The molecule has 0 saturated carbocycles. The molecule has 0 spiro atoms. The van der Waals surface area contributed by atoms with Gasteiger partial charge in [0.15, 0.2) is 0 Å². The molecule has 4 N–H and O–H groups in total. The Kier molecular flexibility index (Phi) is 3.12. The van der Waals surface area contributed by atoms with Crippen LogP contribution in [0.3, 0.4) is 0 Å². The summed E-state index contributed by atoms with van der Waals surface area (Å²) in [5.74, 6) is -0.221. The Morgan fingerprint density at radius 2 is 1.57 bits per heavy atom. The van der Waals surface area contributed by atoms with Gasteiger partial charge in [-0.25, -0.2) is 0 Å². The topological polar surface area (TPSA) is 92.2 Å². The zero-order valence-electron chi connectivity index (χ0n) is 10.6. The van der Waals surface area contributed by atoms with Crippen LogP contribution in [0.2, 0.25) is 0 Å². The van der Waals surface area contributed by atoms with Crippen molar-refractivity contribution in [1.29, 1.82) is 0 Å². The summed E-state index contributed by atoms with van der Waals surface area (Å²) in [5.41, 5.74) is 0.871. The quantitative estimate of drug-likeness (QED) is 0.305. The second kappa shape index (κ2) is 4.84. The first-order valence-corrected chi connectivity index (χ1v) is 6.93. The van der Waals surface area contributed by atoms with Crippen LogP contribution >= 0.6 is 0 Å². The molecule has 0 radical (unpaired) electrons. The standard InChI is InChI=1S/C15H10O5Se/c16-8-4-11(18)9-6-14(21)15(20-13(9)5-8)7-1-2-10(17)12(19)3-7/h1-6H,(H4-,16,17,18,19,21)/p+1. The predicted molar refractivity (Wildman–Crippen MR) is 79.5 cm³/mol. The third-order valence-corrected chi connectivity index (χ3v) is 3.77. The Labute approximate surface area is 127 Å². The van der Waals surface area contributed by atoms with Gasteiger partial charge in [0.05, 0.1) is 0 Å². The monoisotopic (exact) mass is 351 g/mol. The molecule has 0 aliphatic rings. The van der Waals surface area contributed by atoms with E-state index in [2.05, 4.69) is 16.0 Å². The molecular formula is C15H11O5Se+. The van der Waals surface area contributed by atoms with Crippen LogP contribution in [-0.2, 0) is 0 Å². The molecular weight excluding hydrogens is 339 g/mol. The van der Waals surface area contributed by atoms with Crippen LogP contribution in [0.25, 0.3) is 22.3 Å². The third kappa shape index (κ3) is 2.35. The molecule has 5 nitrogen and oxygen atoms in total. The average molecular weight is 350 g/mol. The number of phenols is 4. The molecule has 0 atom stereocenters. The summed E-state index contributed by atoms with van der Waals surface area (Å²) in [6.45, 7) is 0. The molecule has 6 heteroatoms. The number of benzene rings is 2. The molecule has 2 aromatic carbocycles. The molecule has 3 rings (SSSR count). The SMILES string of the molecule is Oc1cc(O)c2cc([SeH])c(-c3ccc(O)c(O)c3)[o+]c2c1. The zero-order chi connectivity index (χ0) is 15.1. The predicted octanol–water partition coefficient (Wildman–Crippen LogP) is 1.73. The molecule has 0 unspecified atom stereocenters. The van der Waals surface area contributed by atoms with Crippen molar-refractivity contribution >= 4 is 31.4 Å². The minimum absolute atomic E-state index is 0.0823. The summed E-state index contributed by atoms with van der Waals surface area (Å²) < 4.78 is 6.39. The molecule has 0 saturated heterocycles. The van der Waals surface area contributed by atoms with Gasteiger partial charge < -0.3 is 0 Å². The van der Waals surface area contributed by atoms with Crippen LogP contribution in [0.15, 0.2) is 40.8 Å². The van der Waals surface area contributed by atoms with Crippen molar-refractivity contribution in [1.82, 2.24) is 0 Å². The van der Waals surface area contributed by atoms with E-state index >= 15 is 0 Å². The van der Waals surface area contributed by atoms with Gasteiger partial charge in [-0.1, -0.05) is 0 Å². The number of aromatic hydroxyl groups is 4. The van der Waals surface area contributed by atoms with E-state index in [-0.39, 0.29) is 23.0 Å². The van der Waals surface area contributed by atoms with Crippen molar-refractivity contribution in [2.75, 3.05) is 0 Å². The van der Waals surface area contributed by atoms with E-state index in [1.807, 2.05) is 0 Å². The molecule has 3 aromatic rings. The Morgan fingerprint density at radius 1 is 0.810 bits per heavy atom. The number of hydrogen-bond acceptors (Lipinski definition) is 4. The van der Waals surface area contributed by atoms with Crippen molar-refractivity contribution in [2.24, 2.45) is 0 Å². The van der Waals surface area contributed by atoms with Gasteiger partial charge in [0.25, 0.3) is 0 Å². The van der Waals surface area contributed by atoms with Crippen LogP contribution in [0.5, 0.6) is 23.0 Å². The van der Waals surface area contributed by atoms with Crippen molar-refractivity contribution < 1.29 is 24.8 Å². The van der Waals surface area contributed by atoms with E-state index in [4.69, 9.17) is 4.42 Å². The van der Waals surface area contributed by atoms with E-state index in [9.17, 15) is 20.4 Å². The van der Waals surface area contributed by atoms with Gasteiger partial charge in [-0.15, -0.1) is 0 Å². The number of fused-ring (bicyclic) bond motifs is 1. The summed E-state index contributed by atoms with van der Waals surface area (Å²) in [4.78, 5) is 0. The van der Waals surface area contributed by atoms with Gasteiger partial charge in [0.1, 0.15) is 0 Å². The summed E-state index contributed by atoms with van der Waals surface area (Å²) in [6.07, 6.45) is 0. The summed E-state index contributed by atoms with van der Waals surface area (Å²) in [6, 6.07) is 8.66. The van der Waals surface area contributed by atoms with Crippen molar-refractivity contribution in [3.05, 3.63) is 36.4 Å². The Morgan fingerprint density at radius 3 is 2.29 bits per heavy atom. The average Bonchev–Trinajstić information content (AvgIpc) is 2.42. The fraction of sp³-hybridized carbons (Fsp3) is 0. The second-order valence-electron chi connectivity index (χ2n) is 4.54. The van der Waals surface area contributed by atoms with Crippen LogP contribution in [0, 0.1) is 0 Å². The first kappa shape index (κ1) is 13.5. The molecule has 106 valence electrons. The summed E-state index contributed by atoms with van der Waals surface area (Å²) >= 11 is 2.31. The molecule has 0 aliphatic carbocycles. The Hall–Kier alpha value is -2.43. The summed E-state index contributed by atoms with van der Waals surface area (Å²) in [7, 11) is 0. The van der Waals surface area contributed by atoms with Gasteiger partial charge in [-0.2, -0.15) is 0 Å². The van der Waals surface area contributed by atoms with E-state index in [0.717, 1.165) is 0 Å². The fourth-order valence-electron chi connectivity index (χ4n) is 2.06. The minimum atomic E-state index is -0.256. The van der Waals surface area contributed by atoms with Crippen molar-refractivity contribution in [3.63, 3.8) is 0 Å². The molecule has 1 heterocycles. The van der Waals surface area contributed by atoms with Crippen LogP contribution < -0.4 is 4.46 Å². The first-order chi connectivity index (χ1) is 9.95.